The van der Waals surface area contributed by atoms with E-state index in [0.717, 1.165) is 56.2 Å². The lowest BCUT2D eigenvalue weighted by Crippen LogP contribution is -2.42. The van der Waals surface area contributed by atoms with Crippen LogP contribution in [0.3, 0.4) is 0 Å². The number of carbonyl (C=O) groups excluding carboxylic acids is 1. The Morgan fingerprint density at radius 3 is 2.62 bits per heavy atom. The molecule has 1 saturated carbocycles. The van der Waals surface area contributed by atoms with Crippen LogP contribution in [-0.4, -0.2) is 35.5 Å². The zero-order valence-electron chi connectivity index (χ0n) is 15.0. The Balaban J connectivity index is 1.25. The summed E-state index contributed by atoms with van der Waals surface area (Å²) in [6.07, 6.45) is 7.11. The summed E-state index contributed by atoms with van der Waals surface area (Å²) < 4.78 is 0. The number of carbonyl (C=O) groups is 1. The Hall–Kier alpha value is -2.43. The number of aromatic nitrogens is 2. The average molecular weight is 348 g/mol. The number of hydrogen-bond donors (Lipinski definition) is 0. The highest BCUT2D eigenvalue weighted by Crippen LogP contribution is 2.38. The second kappa shape index (κ2) is 6.38. The van der Waals surface area contributed by atoms with Crippen LogP contribution in [0.1, 0.15) is 43.0 Å². The maximum absolute atomic E-state index is 13.0. The molecule has 134 valence electrons. The van der Waals surface area contributed by atoms with Gasteiger partial charge in [0.1, 0.15) is 11.6 Å². The second-order valence-corrected chi connectivity index (χ2v) is 7.68. The van der Waals surface area contributed by atoms with Gasteiger partial charge in [-0.1, -0.05) is 18.2 Å². The molecule has 5 heteroatoms. The van der Waals surface area contributed by atoms with Gasteiger partial charge in [0, 0.05) is 43.4 Å². The quantitative estimate of drug-likeness (QED) is 0.855. The third-order valence-corrected chi connectivity index (χ3v) is 5.92. The van der Waals surface area contributed by atoms with Crippen LogP contribution in [0.4, 0.5) is 11.5 Å². The van der Waals surface area contributed by atoms with Crippen molar-refractivity contribution in [2.75, 3.05) is 29.4 Å². The Labute approximate surface area is 154 Å². The van der Waals surface area contributed by atoms with Gasteiger partial charge in [-0.2, -0.15) is 0 Å². The number of benzene rings is 1. The van der Waals surface area contributed by atoms with E-state index in [1.165, 1.54) is 18.4 Å². The van der Waals surface area contributed by atoms with Crippen LogP contribution in [0.25, 0.3) is 0 Å². The summed E-state index contributed by atoms with van der Waals surface area (Å²) in [4.78, 5) is 26.5. The van der Waals surface area contributed by atoms with Crippen molar-refractivity contribution in [3.63, 3.8) is 0 Å². The summed E-state index contributed by atoms with van der Waals surface area (Å²) in [5.74, 6) is 3.02. The van der Waals surface area contributed by atoms with E-state index in [9.17, 15) is 4.79 Å². The minimum absolute atomic E-state index is 0.127. The topological polar surface area (TPSA) is 49.3 Å². The monoisotopic (exact) mass is 348 g/mol. The van der Waals surface area contributed by atoms with Crippen molar-refractivity contribution in [1.29, 1.82) is 0 Å². The van der Waals surface area contributed by atoms with Crippen LogP contribution >= 0.6 is 0 Å². The summed E-state index contributed by atoms with van der Waals surface area (Å²) >= 11 is 0. The molecule has 1 amide bonds. The van der Waals surface area contributed by atoms with E-state index in [1.54, 1.807) is 0 Å². The number of amides is 1. The summed E-state index contributed by atoms with van der Waals surface area (Å²) in [6.45, 7) is 2.62. The number of nitrogens with zero attached hydrogens (tertiary/aromatic N) is 4. The van der Waals surface area contributed by atoms with Crippen LogP contribution in [0.5, 0.6) is 0 Å². The molecular weight excluding hydrogens is 324 g/mol. The highest BCUT2D eigenvalue weighted by atomic mass is 16.2. The van der Waals surface area contributed by atoms with Crippen molar-refractivity contribution in [1.82, 2.24) is 9.97 Å². The molecule has 26 heavy (non-hydrogen) atoms. The molecule has 5 rings (SSSR count). The SMILES string of the molecule is O=C(C1CCN(c2ccnc(C3CC3)n2)CC1)N1CCc2ccccc21. The van der Waals surface area contributed by atoms with E-state index in [-0.39, 0.29) is 5.92 Å². The number of rotatable bonds is 3. The number of anilines is 2. The standard InChI is InChI=1S/C21H24N4O/c26-21(25-14-10-15-3-1-2-4-18(15)25)17-8-12-24(13-9-17)19-7-11-22-20(23-19)16-5-6-16/h1-4,7,11,16-17H,5-6,8-10,12-14H2. The van der Waals surface area contributed by atoms with E-state index in [4.69, 9.17) is 4.98 Å². The molecule has 0 N–H and O–H groups in total. The van der Waals surface area contributed by atoms with Crippen LogP contribution in [0.15, 0.2) is 36.5 Å². The molecule has 2 fully saturated rings. The van der Waals surface area contributed by atoms with Gasteiger partial charge in [-0.3, -0.25) is 4.79 Å². The normalized spacial score (nSPS) is 20.3. The fourth-order valence-electron chi connectivity index (χ4n) is 4.22. The van der Waals surface area contributed by atoms with Crippen molar-refractivity contribution in [2.45, 2.75) is 38.0 Å². The Bertz CT molecular complexity index is 824. The number of para-hydroxylation sites is 1. The first-order valence-electron chi connectivity index (χ1n) is 9.77. The third-order valence-electron chi connectivity index (χ3n) is 5.92. The molecule has 5 nitrogen and oxygen atoms in total. The molecule has 0 bridgehead atoms. The molecule has 0 radical (unpaired) electrons. The van der Waals surface area contributed by atoms with Gasteiger partial charge in [0.05, 0.1) is 0 Å². The van der Waals surface area contributed by atoms with Gasteiger partial charge in [0.15, 0.2) is 0 Å². The van der Waals surface area contributed by atoms with Crippen molar-refractivity contribution >= 4 is 17.4 Å². The molecule has 3 heterocycles. The van der Waals surface area contributed by atoms with Crippen molar-refractivity contribution in [3.05, 3.63) is 47.9 Å². The van der Waals surface area contributed by atoms with E-state index >= 15 is 0 Å². The lowest BCUT2D eigenvalue weighted by atomic mass is 9.95. The molecule has 1 aromatic carbocycles. The van der Waals surface area contributed by atoms with Gasteiger partial charge < -0.3 is 9.80 Å². The molecular formula is C21H24N4O. The Morgan fingerprint density at radius 2 is 1.81 bits per heavy atom. The van der Waals surface area contributed by atoms with Crippen molar-refractivity contribution in [2.24, 2.45) is 5.92 Å². The lowest BCUT2D eigenvalue weighted by Gasteiger charge is -2.34. The van der Waals surface area contributed by atoms with Gasteiger partial charge in [-0.25, -0.2) is 9.97 Å². The van der Waals surface area contributed by atoms with Crippen LogP contribution in [-0.2, 0) is 11.2 Å². The van der Waals surface area contributed by atoms with Gasteiger partial charge >= 0.3 is 0 Å². The smallest absolute Gasteiger partial charge is 0.230 e. The predicted molar refractivity (Wildman–Crippen MR) is 101 cm³/mol. The van der Waals surface area contributed by atoms with Gasteiger partial charge in [0.25, 0.3) is 0 Å². The molecule has 3 aliphatic rings. The highest BCUT2D eigenvalue weighted by Gasteiger charge is 2.33. The minimum atomic E-state index is 0.127. The van der Waals surface area contributed by atoms with Crippen molar-refractivity contribution < 1.29 is 4.79 Å². The van der Waals surface area contributed by atoms with Crippen molar-refractivity contribution in [3.8, 4) is 0 Å². The van der Waals surface area contributed by atoms with E-state index in [2.05, 4.69) is 28.1 Å². The molecule has 2 aliphatic heterocycles. The molecule has 0 unspecified atom stereocenters. The first kappa shape index (κ1) is 15.8. The van der Waals surface area contributed by atoms with Gasteiger partial charge in [-0.05, 0) is 49.8 Å². The summed E-state index contributed by atoms with van der Waals surface area (Å²) in [6, 6.07) is 10.3. The largest absolute Gasteiger partial charge is 0.356 e. The van der Waals surface area contributed by atoms with Crippen LogP contribution in [0, 0.1) is 5.92 Å². The summed E-state index contributed by atoms with van der Waals surface area (Å²) in [7, 11) is 0. The highest BCUT2D eigenvalue weighted by molar-refractivity contribution is 5.97. The fraction of sp³-hybridized carbons (Fsp3) is 0.476. The molecule has 0 atom stereocenters. The maximum atomic E-state index is 13.0. The zero-order valence-corrected chi connectivity index (χ0v) is 15.0. The minimum Gasteiger partial charge on any atom is -0.356 e. The fourth-order valence-corrected chi connectivity index (χ4v) is 4.22. The first-order chi connectivity index (χ1) is 12.8. The summed E-state index contributed by atoms with van der Waals surface area (Å²) in [5, 5.41) is 0. The summed E-state index contributed by atoms with van der Waals surface area (Å²) in [5.41, 5.74) is 2.41. The van der Waals surface area contributed by atoms with Crippen LogP contribution < -0.4 is 9.80 Å². The van der Waals surface area contributed by atoms with E-state index in [0.29, 0.717) is 11.8 Å². The molecule has 1 saturated heterocycles. The molecule has 1 aliphatic carbocycles. The molecule has 1 aromatic heterocycles. The number of fused-ring (bicyclic) bond motifs is 1. The third kappa shape index (κ3) is 2.85. The molecule has 2 aromatic rings. The Kier molecular flexibility index (Phi) is 3.88. The zero-order chi connectivity index (χ0) is 17.5. The molecule has 0 spiro atoms. The number of piperidine rings is 1. The van der Waals surface area contributed by atoms with Gasteiger partial charge in [-0.15, -0.1) is 0 Å². The predicted octanol–water partition coefficient (Wildman–Crippen LogP) is 3.16. The first-order valence-corrected chi connectivity index (χ1v) is 9.77. The lowest BCUT2D eigenvalue weighted by molar-refractivity contribution is -0.122. The van der Waals surface area contributed by atoms with E-state index < -0.39 is 0 Å². The Morgan fingerprint density at radius 1 is 1.00 bits per heavy atom. The number of hydrogen-bond acceptors (Lipinski definition) is 4. The van der Waals surface area contributed by atoms with Gasteiger partial charge in [0.2, 0.25) is 5.91 Å². The second-order valence-electron chi connectivity index (χ2n) is 7.68. The average Bonchev–Trinajstić information content (AvgIpc) is 3.47. The van der Waals surface area contributed by atoms with Crippen LogP contribution in [0.2, 0.25) is 0 Å². The maximum Gasteiger partial charge on any atom is 0.230 e. The van der Waals surface area contributed by atoms with E-state index in [1.807, 2.05) is 23.2 Å².